The van der Waals surface area contributed by atoms with Gasteiger partial charge in [0.05, 0.1) is 22.4 Å². The van der Waals surface area contributed by atoms with Gasteiger partial charge in [0.25, 0.3) is 0 Å². The first kappa shape index (κ1) is 15.0. The summed E-state index contributed by atoms with van der Waals surface area (Å²) in [7, 11) is 0. The Bertz CT molecular complexity index is 1050. The van der Waals surface area contributed by atoms with Crippen molar-refractivity contribution in [2.45, 2.75) is 6.92 Å². The minimum Gasteiger partial charge on any atom is -0.493 e. The molecule has 118 valence electrons. The van der Waals surface area contributed by atoms with Crippen molar-refractivity contribution >= 4 is 46.6 Å². The first-order valence-corrected chi connectivity index (χ1v) is 8.59. The van der Waals surface area contributed by atoms with Crippen LogP contribution in [0.25, 0.3) is 17.3 Å². The number of hydrogen-bond donors (Lipinski definition) is 1. The molecule has 1 N–H and O–H groups in total. The average molecular weight is 351 g/mol. The molecule has 1 aliphatic rings. The lowest BCUT2D eigenvalue weighted by Crippen LogP contribution is -1.93. The quantitative estimate of drug-likeness (QED) is 0.660. The maximum absolute atomic E-state index is 10.7. The number of para-hydroxylation sites is 1. The largest absolute Gasteiger partial charge is 0.493 e. The normalized spacial score (nSPS) is 14.7. The molecule has 1 aromatic carbocycles. The van der Waals surface area contributed by atoms with Crippen LogP contribution in [0.4, 0.5) is 5.69 Å². The number of benzene rings is 1. The second-order valence-corrected chi connectivity index (χ2v) is 7.05. The summed E-state index contributed by atoms with van der Waals surface area (Å²) in [5.74, 6) is 0.127. The van der Waals surface area contributed by atoms with E-state index in [2.05, 4.69) is 9.98 Å². The molecule has 6 heteroatoms. The van der Waals surface area contributed by atoms with E-state index in [0.29, 0.717) is 8.83 Å². The molecule has 0 bridgehead atoms. The van der Waals surface area contributed by atoms with E-state index in [1.165, 1.54) is 11.3 Å². The topological polar surface area (TPSA) is 50.4 Å². The zero-order valence-electron chi connectivity index (χ0n) is 12.8. The van der Waals surface area contributed by atoms with Crippen molar-refractivity contribution in [1.82, 2.24) is 9.55 Å². The van der Waals surface area contributed by atoms with Gasteiger partial charge in [-0.15, -0.1) is 11.3 Å². The highest BCUT2D eigenvalue weighted by Crippen LogP contribution is 2.38. The van der Waals surface area contributed by atoms with Crippen molar-refractivity contribution in [3.8, 4) is 11.6 Å². The Kier molecular flexibility index (Phi) is 3.63. The molecule has 3 heterocycles. The van der Waals surface area contributed by atoms with E-state index in [0.717, 1.165) is 28.2 Å². The SMILES string of the molecule is CC1=Nc2ccccc2/C1=C/c1sc(=S)n(-c2cccnc2)c1O. The van der Waals surface area contributed by atoms with Gasteiger partial charge in [-0.05, 0) is 43.4 Å². The van der Waals surface area contributed by atoms with Crippen LogP contribution < -0.4 is 0 Å². The summed E-state index contributed by atoms with van der Waals surface area (Å²) in [6.07, 6.45) is 5.32. The standard InChI is InChI=1S/C18H13N3OS2/c1-11-14(13-6-2-3-7-15(13)20-11)9-16-17(22)21(18(23)24-16)12-5-4-8-19-10-12/h2-10,22H,1H3/b14-9+. The van der Waals surface area contributed by atoms with Crippen LogP contribution in [0, 0.1) is 3.95 Å². The number of pyridine rings is 1. The van der Waals surface area contributed by atoms with Gasteiger partial charge in [0.1, 0.15) is 0 Å². The van der Waals surface area contributed by atoms with Gasteiger partial charge in [0.2, 0.25) is 5.88 Å². The molecule has 0 saturated carbocycles. The van der Waals surface area contributed by atoms with E-state index in [-0.39, 0.29) is 5.88 Å². The fourth-order valence-electron chi connectivity index (χ4n) is 2.74. The minimum atomic E-state index is 0.127. The zero-order valence-corrected chi connectivity index (χ0v) is 14.4. The molecule has 0 atom stereocenters. The summed E-state index contributed by atoms with van der Waals surface area (Å²) in [5.41, 5.74) is 4.72. The van der Waals surface area contributed by atoms with Gasteiger partial charge in [0.15, 0.2) is 3.95 Å². The summed E-state index contributed by atoms with van der Waals surface area (Å²) >= 11 is 6.79. The first-order chi connectivity index (χ1) is 11.6. The molecular weight excluding hydrogens is 338 g/mol. The Morgan fingerprint density at radius 2 is 2.04 bits per heavy atom. The predicted octanol–water partition coefficient (Wildman–Crippen LogP) is 5.02. The van der Waals surface area contributed by atoms with E-state index in [4.69, 9.17) is 12.2 Å². The number of aromatic hydroxyl groups is 1. The second-order valence-electron chi connectivity index (χ2n) is 5.37. The van der Waals surface area contributed by atoms with Gasteiger partial charge < -0.3 is 5.11 Å². The van der Waals surface area contributed by atoms with Gasteiger partial charge in [-0.1, -0.05) is 18.2 Å². The van der Waals surface area contributed by atoms with Gasteiger partial charge in [-0.3, -0.25) is 14.5 Å². The highest BCUT2D eigenvalue weighted by atomic mass is 32.1. The molecule has 0 fully saturated rings. The summed E-state index contributed by atoms with van der Waals surface area (Å²) in [5, 5.41) is 10.7. The molecule has 3 aromatic rings. The van der Waals surface area contributed by atoms with E-state index >= 15 is 0 Å². The van der Waals surface area contributed by atoms with E-state index in [1.807, 2.05) is 49.4 Å². The number of fused-ring (bicyclic) bond motifs is 1. The summed E-state index contributed by atoms with van der Waals surface area (Å²) < 4.78 is 2.21. The van der Waals surface area contributed by atoms with E-state index in [1.54, 1.807) is 17.0 Å². The van der Waals surface area contributed by atoms with Crippen LogP contribution in [0.2, 0.25) is 0 Å². The van der Waals surface area contributed by atoms with Crippen LogP contribution in [0.15, 0.2) is 53.8 Å². The lowest BCUT2D eigenvalue weighted by molar-refractivity contribution is 0.441. The summed E-state index contributed by atoms with van der Waals surface area (Å²) in [4.78, 5) is 9.38. The fraction of sp³-hybridized carbons (Fsp3) is 0.0556. The summed E-state index contributed by atoms with van der Waals surface area (Å²) in [6.45, 7) is 1.97. The molecule has 0 amide bonds. The number of rotatable bonds is 2. The Hall–Kier alpha value is -2.57. The monoisotopic (exact) mass is 351 g/mol. The third kappa shape index (κ3) is 2.40. The predicted molar refractivity (Wildman–Crippen MR) is 101 cm³/mol. The number of allylic oxidation sites excluding steroid dienone is 1. The van der Waals surface area contributed by atoms with Crippen molar-refractivity contribution in [3.05, 3.63) is 63.2 Å². The Balaban J connectivity index is 1.86. The first-order valence-electron chi connectivity index (χ1n) is 7.37. The fourth-order valence-corrected chi connectivity index (χ4v) is 4.03. The van der Waals surface area contributed by atoms with E-state index in [9.17, 15) is 5.11 Å². The number of aliphatic imine (C=N–C) groups is 1. The highest BCUT2D eigenvalue weighted by molar-refractivity contribution is 7.73. The highest BCUT2D eigenvalue weighted by Gasteiger charge is 2.19. The second kappa shape index (κ2) is 5.81. The van der Waals surface area contributed by atoms with Crippen LogP contribution in [0.5, 0.6) is 5.88 Å². The van der Waals surface area contributed by atoms with Gasteiger partial charge in [0, 0.05) is 23.0 Å². The third-order valence-corrected chi connectivity index (χ3v) is 5.17. The number of nitrogens with zero attached hydrogens (tertiary/aromatic N) is 3. The number of thiazole rings is 1. The molecule has 0 aliphatic carbocycles. The molecule has 0 radical (unpaired) electrons. The van der Waals surface area contributed by atoms with Crippen molar-refractivity contribution in [2.24, 2.45) is 4.99 Å². The van der Waals surface area contributed by atoms with Crippen LogP contribution in [0.1, 0.15) is 17.4 Å². The molecule has 2 aromatic heterocycles. The van der Waals surface area contributed by atoms with Crippen molar-refractivity contribution < 1.29 is 5.11 Å². The van der Waals surface area contributed by atoms with Crippen molar-refractivity contribution in [3.63, 3.8) is 0 Å². The molecule has 0 spiro atoms. The molecule has 24 heavy (non-hydrogen) atoms. The molecule has 4 nitrogen and oxygen atoms in total. The minimum absolute atomic E-state index is 0.127. The van der Waals surface area contributed by atoms with Gasteiger partial charge in [-0.25, -0.2) is 0 Å². The maximum atomic E-state index is 10.7. The van der Waals surface area contributed by atoms with Crippen molar-refractivity contribution in [2.75, 3.05) is 0 Å². The average Bonchev–Trinajstić information content (AvgIpc) is 3.05. The van der Waals surface area contributed by atoms with Crippen LogP contribution in [-0.2, 0) is 0 Å². The molecule has 0 unspecified atom stereocenters. The Morgan fingerprint density at radius 3 is 2.83 bits per heavy atom. The molecule has 0 saturated heterocycles. The van der Waals surface area contributed by atoms with Gasteiger partial charge >= 0.3 is 0 Å². The van der Waals surface area contributed by atoms with Crippen LogP contribution in [-0.4, -0.2) is 20.4 Å². The third-order valence-electron chi connectivity index (χ3n) is 3.86. The smallest absolute Gasteiger partial charge is 0.215 e. The lowest BCUT2D eigenvalue weighted by Gasteiger charge is -2.04. The molecule has 1 aliphatic heterocycles. The number of hydrogen-bond acceptors (Lipinski definition) is 5. The van der Waals surface area contributed by atoms with E-state index < -0.39 is 0 Å². The molecule has 4 rings (SSSR count). The zero-order chi connectivity index (χ0) is 16.7. The lowest BCUT2D eigenvalue weighted by atomic mass is 10.0. The van der Waals surface area contributed by atoms with Crippen molar-refractivity contribution in [1.29, 1.82) is 0 Å². The summed E-state index contributed by atoms with van der Waals surface area (Å²) in [6, 6.07) is 11.7. The Labute approximate surface area is 148 Å². The maximum Gasteiger partial charge on any atom is 0.215 e. The number of aromatic nitrogens is 2. The van der Waals surface area contributed by atoms with Crippen LogP contribution in [0.3, 0.4) is 0 Å². The Morgan fingerprint density at radius 1 is 1.21 bits per heavy atom. The molecular formula is C18H13N3OS2. The van der Waals surface area contributed by atoms with Crippen LogP contribution >= 0.6 is 23.6 Å². The van der Waals surface area contributed by atoms with Gasteiger partial charge in [-0.2, -0.15) is 0 Å².